The van der Waals surface area contributed by atoms with Crippen LogP contribution in [-0.4, -0.2) is 9.13 Å². The van der Waals surface area contributed by atoms with Gasteiger partial charge in [-0.15, -0.1) is 0 Å². The van der Waals surface area contributed by atoms with Crippen LogP contribution in [-0.2, 0) is 0 Å². The molecule has 0 saturated heterocycles. The Bertz CT molecular complexity index is 2900. The van der Waals surface area contributed by atoms with Gasteiger partial charge in [-0.25, -0.2) is 0 Å². The largest absolute Gasteiger partial charge is 0.309 e. The zero-order valence-corrected chi connectivity index (χ0v) is 26.7. The van der Waals surface area contributed by atoms with Gasteiger partial charge in [-0.3, -0.25) is 0 Å². The molecule has 0 unspecified atom stereocenters. The molecule has 7 aromatic carbocycles. The minimum atomic E-state index is 0.568. The van der Waals surface area contributed by atoms with Gasteiger partial charge >= 0.3 is 0 Å². The average molecular weight is 636 g/mol. The van der Waals surface area contributed by atoms with Gasteiger partial charge in [-0.1, -0.05) is 84.9 Å². The third-order valence-corrected chi connectivity index (χ3v) is 9.64. The quantitative estimate of drug-likeness (QED) is 0.193. The van der Waals surface area contributed by atoms with Crippen LogP contribution in [0.15, 0.2) is 152 Å². The van der Waals surface area contributed by atoms with Gasteiger partial charge in [0.1, 0.15) is 0 Å². The van der Waals surface area contributed by atoms with E-state index in [1.165, 1.54) is 10.8 Å². The smallest absolute Gasteiger partial charge is 0.0998 e. The average Bonchev–Trinajstić information content (AvgIpc) is 3.69. The second kappa shape index (κ2) is 11.4. The summed E-state index contributed by atoms with van der Waals surface area (Å²) in [5.41, 5.74) is 11.5. The molecule has 230 valence electrons. The number of benzene rings is 7. The van der Waals surface area contributed by atoms with Crippen LogP contribution < -0.4 is 0 Å². The van der Waals surface area contributed by atoms with Crippen LogP contribution >= 0.6 is 0 Å². The molecule has 0 saturated carbocycles. The van der Waals surface area contributed by atoms with Gasteiger partial charge in [0.25, 0.3) is 0 Å². The van der Waals surface area contributed by atoms with Crippen molar-refractivity contribution >= 4 is 43.6 Å². The maximum Gasteiger partial charge on any atom is 0.0998 e. The number of aromatic nitrogens is 2. The van der Waals surface area contributed by atoms with Crippen molar-refractivity contribution in [3.63, 3.8) is 0 Å². The van der Waals surface area contributed by atoms with E-state index in [-0.39, 0.29) is 0 Å². The topological polar surface area (TPSA) is 81.2 Å². The molecule has 5 nitrogen and oxygen atoms in total. The molecule has 5 heteroatoms. The lowest BCUT2D eigenvalue weighted by Gasteiger charge is -2.18. The van der Waals surface area contributed by atoms with Crippen LogP contribution in [0.4, 0.5) is 0 Å². The SMILES string of the molecule is N#Cc1ccc2c(c1)c1ccc(C#N)cc1n2-c1ccc(-c2cccc(C#N)c2-c2ccccc2-n2c3ccccc3c3ccccc32)cc1. The highest BCUT2D eigenvalue weighted by Gasteiger charge is 2.20. The summed E-state index contributed by atoms with van der Waals surface area (Å²) in [5, 5.41) is 34.1. The predicted octanol–water partition coefficient (Wildman–Crippen LogP) is 10.8. The van der Waals surface area contributed by atoms with Crippen molar-refractivity contribution < 1.29 is 0 Å². The number of hydrogen-bond acceptors (Lipinski definition) is 3. The van der Waals surface area contributed by atoms with Crippen LogP contribution in [0.25, 0.3) is 77.2 Å². The van der Waals surface area contributed by atoms with Gasteiger partial charge in [-0.05, 0) is 77.9 Å². The summed E-state index contributed by atoms with van der Waals surface area (Å²) in [6.07, 6.45) is 0. The highest BCUT2D eigenvalue weighted by atomic mass is 15.0. The Hall–Kier alpha value is -7.39. The summed E-state index contributed by atoms with van der Waals surface area (Å²) in [5.74, 6) is 0. The first-order valence-corrected chi connectivity index (χ1v) is 16.3. The minimum Gasteiger partial charge on any atom is -0.309 e. The number of fused-ring (bicyclic) bond motifs is 6. The van der Waals surface area contributed by atoms with Gasteiger partial charge < -0.3 is 9.13 Å². The maximum atomic E-state index is 10.5. The van der Waals surface area contributed by atoms with E-state index in [0.717, 1.165) is 66.5 Å². The molecule has 0 radical (unpaired) electrons. The van der Waals surface area contributed by atoms with Crippen molar-refractivity contribution in [2.24, 2.45) is 0 Å². The van der Waals surface area contributed by atoms with Gasteiger partial charge in [-0.2, -0.15) is 15.8 Å². The molecule has 0 bridgehead atoms. The lowest BCUT2D eigenvalue weighted by Crippen LogP contribution is -1.99. The molecule has 0 spiro atoms. The van der Waals surface area contributed by atoms with Crippen LogP contribution in [0.2, 0.25) is 0 Å². The minimum absolute atomic E-state index is 0.568. The van der Waals surface area contributed by atoms with E-state index in [0.29, 0.717) is 16.7 Å². The molecule has 50 heavy (non-hydrogen) atoms. The molecule has 0 aliphatic carbocycles. The fourth-order valence-electron chi connectivity index (χ4n) is 7.47. The molecule has 2 heterocycles. The van der Waals surface area contributed by atoms with Crippen molar-refractivity contribution in [3.8, 4) is 51.8 Å². The van der Waals surface area contributed by atoms with E-state index < -0.39 is 0 Å². The first kappa shape index (κ1) is 28.8. The zero-order valence-electron chi connectivity index (χ0n) is 26.7. The van der Waals surface area contributed by atoms with Gasteiger partial charge in [0.05, 0.1) is 62.7 Å². The molecular weight excluding hydrogens is 611 g/mol. The predicted molar refractivity (Wildman–Crippen MR) is 200 cm³/mol. The Labute approximate surface area is 287 Å². The van der Waals surface area contributed by atoms with Crippen molar-refractivity contribution in [2.45, 2.75) is 0 Å². The fraction of sp³-hybridized carbons (Fsp3) is 0. The number of rotatable bonds is 4. The summed E-state index contributed by atoms with van der Waals surface area (Å²) in [4.78, 5) is 0. The molecule has 0 fully saturated rings. The van der Waals surface area contributed by atoms with E-state index in [4.69, 9.17) is 0 Å². The Balaban J connectivity index is 1.24. The number of hydrogen-bond donors (Lipinski definition) is 0. The number of nitriles is 3. The molecule has 0 N–H and O–H groups in total. The van der Waals surface area contributed by atoms with Crippen LogP contribution in [0, 0.1) is 34.0 Å². The normalized spacial score (nSPS) is 11.1. The Kier molecular flexibility index (Phi) is 6.56. The van der Waals surface area contributed by atoms with Crippen molar-refractivity contribution in [1.82, 2.24) is 9.13 Å². The number of para-hydroxylation sites is 3. The highest BCUT2D eigenvalue weighted by Crippen LogP contribution is 2.42. The third-order valence-electron chi connectivity index (χ3n) is 9.64. The van der Waals surface area contributed by atoms with Crippen molar-refractivity contribution in [3.05, 3.63) is 168 Å². The Morgan fingerprint density at radius 1 is 0.400 bits per heavy atom. The van der Waals surface area contributed by atoms with E-state index in [1.807, 2.05) is 54.6 Å². The van der Waals surface area contributed by atoms with Crippen molar-refractivity contribution in [1.29, 1.82) is 15.8 Å². The molecular formula is C45H25N5. The Morgan fingerprint density at radius 3 is 1.72 bits per heavy atom. The second-order valence-electron chi connectivity index (χ2n) is 12.3. The van der Waals surface area contributed by atoms with Crippen LogP contribution in [0.5, 0.6) is 0 Å². The van der Waals surface area contributed by atoms with Crippen LogP contribution in [0.1, 0.15) is 16.7 Å². The van der Waals surface area contributed by atoms with E-state index in [9.17, 15) is 15.8 Å². The van der Waals surface area contributed by atoms with Crippen molar-refractivity contribution in [2.75, 3.05) is 0 Å². The summed E-state index contributed by atoms with van der Waals surface area (Å²) in [6.45, 7) is 0. The first-order valence-electron chi connectivity index (χ1n) is 16.3. The summed E-state index contributed by atoms with van der Waals surface area (Å²) in [6, 6.07) is 57.8. The van der Waals surface area contributed by atoms with E-state index in [2.05, 4.69) is 124 Å². The molecule has 0 aliphatic heterocycles. The van der Waals surface area contributed by atoms with Crippen LogP contribution in [0.3, 0.4) is 0 Å². The van der Waals surface area contributed by atoms with E-state index in [1.54, 1.807) is 0 Å². The Morgan fingerprint density at radius 2 is 1.00 bits per heavy atom. The fourth-order valence-corrected chi connectivity index (χ4v) is 7.47. The molecule has 0 aliphatic rings. The molecule has 0 atom stereocenters. The molecule has 9 rings (SSSR count). The second-order valence-corrected chi connectivity index (χ2v) is 12.3. The van der Waals surface area contributed by atoms with Gasteiger partial charge in [0.15, 0.2) is 0 Å². The summed E-state index contributed by atoms with van der Waals surface area (Å²) >= 11 is 0. The third kappa shape index (κ3) is 4.31. The standard InChI is InChI=1S/C45H25N5/c46-26-29-17-23-43-39(24-29)37-22-16-30(27-47)25-44(37)49(43)33-20-18-31(19-21-33)34-12-7-8-32(28-48)45(34)38-11-3-6-15-42(38)50-40-13-4-1-9-35(40)36-10-2-5-14-41(36)50/h1-25H. The van der Waals surface area contributed by atoms with Gasteiger partial charge in [0.2, 0.25) is 0 Å². The molecule has 9 aromatic rings. The molecule has 0 amide bonds. The molecule has 2 aromatic heterocycles. The number of nitrogens with zero attached hydrogens (tertiary/aromatic N) is 5. The first-order chi connectivity index (χ1) is 24.7. The summed E-state index contributed by atoms with van der Waals surface area (Å²) < 4.78 is 4.44. The highest BCUT2D eigenvalue weighted by molar-refractivity contribution is 6.11. The van der Waals surface area contributed by atoms with E-state index >= 15 is 0 Å². The maximum absolute atomic E-state index is 10.5. The summed E-state index contributed by atoms with van der Waals surface area (Å²) in [7, 11) is 0. The van der Waals surface area contributed by atoms with Gasteiger partial charge in [0, 0.05) is 38.4 Å². The zero-order chi connectivity index (χ0) is 33.8. The monoisotopic (exact) mass is 635 g/mol. The lowest BCUT2D eigenvalue weighted by atomic mass is 9.89. The lowest BCUT2D eigenvalue weighted by molar-refractivity contribution is 1.18.